The summed E-state index contributed by atoms with van der Waals surface area (Å²) in [5.41, 5.74) is 0. The Kier molecular flexibility index (Phi) is 78.3. The molecule has 0 heterocycles. The van der Waals surface area contributed by atoms with Gasteiger partial charge in [0.25, 0.3) is 0 Å². The van der Waals surface area contributed by atoms with Gasteiger partial charge in [-0.3, -0.25) is 19.2 Å². The number of rotatable bonds is 59. The van der Waals surface area contributed by atoms with E-state index in [1.54, 1.807) is 0 Å². The van der Waals surface area contributed by atoms with Gasteiger partial charge in [-0.25, -0.2) is 0 Å². The molecule has 14 nitrogen and oxygen atoms in total. The zero-order valence-corrected chi connectivity index (χ0v) is 75.4. The quantitative estimate of drug-likeness (QED) is 0.0129. The van der Waals surface area contributed by atoms with Crippen molar-refractivity contribution in [1.82, 2.24) is 0 Å². The third kappa shape index (κ3) is 75.4. The van der Waals surface area contributed by atoms with Gasteiger partial charge < -0.3 is 50.7 Å². The van der Waals surface area contributed by atoms with Crippen LogP contribution >= 0.6 is 0 Å². The monoisotopic (exact) mass is 1620 g/mol. The molecule has 0 amide bonds. The van der Waals surface area contributed by atoms with Crippen LogP contribution in [-0.2, 0) is 28.7 Å². The normalized spacial score (nSPS) is 20.6. The van der Waals surface area contributed by atoms with Crippen molar-refractivity contribution in [2.75, 3.05) is 14.2 Å². The van der Waals surface area contributed by atoms with Gasteiger partial charge in [0.05, 0.1) is 14.2 Å². The molecule has 0 aliphatic heterocycles. The molecule has 117 heavy (non-hydrogen) atoms. The van der Waals surface area contributed by atoms with E-state index in [4.69, 9.17) is 10.2 Å². The molecule has 0 saturated heterocycles. The van der Waals surface area contributed by atoms with Crippen LogP contribution in [0, 0.1) is 118 Å². The smallest absolute Gasteiger partial charge is 0.870 e. The van der Waals surface area contributed by atoms with Crippen LogP contribution in [0.15, 0.2) is 60.8 Å². The van der Waals surface area contributed by atoms with Crippen molar-refractivity contribution in [2.24, 2.45) is 59.2 Å². The van der Waals surface area contributed by atoms with Gasteiger partial charge in [0, 0.05) is 25.7 Å². The van der Waals surface area contributed by atoms with Crippen LogP contribution in [0.1, 0.15) is 395 Å². The summed E-state index contributed by atoms with van der Waals surface area (Å²) < 4.78 is 9.29. The van der Waals surface area contributed by atoms with Crippen LogP contribution in [-0.4, -0.2) is 110 Å². The number of aliphatic hydroxyl groups excluding tert-OH is 5. The molecule has 5 fully saturated rings. The van der Waals surface area contributed by atoms with E-state index in [1.807, 2.05) is 30.4 Å². The van der Waals surface area contributed by atoms with Crippen molar-refractivity contribution in [3.05, 3.63) is 60.8 Å². The van der Waals surface area contributed by atoms with E-state index in [9.17, 15) is 44.7 Å². The number of esters is 2. The summed E-state index contributed by atoms with van der Waals surface area (Å²) in [6.45, 7) is 13.1. The number of hydrogen-bond acceptors (Lipinski definition) is 12. The summed E-state index contributed by atoms with van der Waals surface area (Å²) in [6, 6.07) is 0. The maximum absolute atomic E-state index is 11.0. The van der Waals surface area contributed by atoms with Crippen molar-refractivity contribution in [3.8, 4) is 59.2 Å². The summed E-state index contributed by atoms with van der Waals surface area (Å²) in [5.74, 6) is 36.4. The second-order valence-electron chi connectivity index (χ2n) is 33.6. The van der Waals surface area contributed by atoms with E-state index >= 15 is 0 Å². The molecule has 5 aliphatic carbocycles. The molecule has 15 atom stereocenters. The number of aliphatic carboxylic acids is 2. The molecule has 0 aromatic carbocycles. The number of carbonyl (C=O) groups excluding carboxylic acids is 2. The van der Waals surface area contributed by atoms with Crippen molar-refractivity contribution >= 4 is 23.9 Å². The molecule has 0 radical (unpaired) electrons. The van der Waals surface area contributed by atoms with Crippen LogP contribution in [0.25, 0.3) is 0 Å². The van der Waals surface area contributed by atoms with E-state index in [1.165, 1.54) is 181 Å². The molecular formula is C102H167LiO14. The number of aliphatic hydroxyl groups is 5. The molecule has 0 aromatic rings. The van der Waals surface area contributed by atoms with E-state index in [-0.39, 0.29) is 36.3 Å². The van der Waals surface area contributed by atoms with Gasteiger partial charge in [-0.2, -0.15) is 0 Å². The minimum absolute atomic E-state index is 0. The number of carboxylic acids is 2. The van der Waals surface area contributed by atoms with E-state index < -0.39 is 42.5 Å². The van der Waals surface area contributed by atoms with Gasteiger partial charge in [-0.15, -0.1) is 0 Å². The number of carboxylic acid groups (broad SMARTS) is 2. The Bertz CT molecular complexity index is 2790. The summed E-state index contributed by atoms with van der Waals surface area (Å²) in [5, 5.41) is 65.5. The Morgan fingerprint density at radius 1 is 0.291 bits per heavy atom. The fourth-order valence-electron chi connectivity index (χ4n) is 14.9. The second kappa shape index (κ2) is 80.5. The molecule has 8 N–H and O–H groups in total. The third-order valence-electron chi connectivity index (χ3n) is 23.0. The molecule has 1 unspecified atom stereocenters. The van der Waals surface area contributed by atoms with E-state index in [2.05, 4.69) is 141 Å². The van der Waals surface area contributed by atoms with Gasteiger partial charge >= 0.3 is 42.7 Å². The first kappa shape index (κ1) is 114. The number of hydrogen-bond donors (Lipinski definition) is 7. The standard InChI is InChI=1S/2C21H34O3.2C20H32O3.C20H34O.Li.H2O/c2*1-3-4-7-14-20(22)15-9-6-5-8-12-18-17-19(18)13-10-11-16-21(23)24-2;2*1-2-3-6-13-19(21)14-8-5-4-7-11-17-16-18(17)12-9-10-15-20(22)23;1-3-5-9-13-18-17-19(18)14-11-7-8-12-16-20(21)15-10-6-4-2;;/h2*5-6,18-20,22H,3-4,7-8,10-14,16-17H2,1-2H3;2*4-5,17-19,21H,2-3,6-7,9-13,15-16H2,1H3,(H,22,23);7-8,18-21H,3-6,9-11,13-15,17H2,1-2H3;;1H2/q;;;;;+1;/p-1/b2*6-5-;2*5-4-;8-7-;;/t18-,19-,20+;18-,19-,20-;17-,18-,19+;17-,18-,19-;18-,19-,20?;;/m11111../s1. The number of methoxy groups -OCH3 is 2. The summed E-state index contributed by atoms with van der Waals surface area (Å²) in [6.07, 6.45) is 77.1. The predicted molar refractivity (Wildman–Crippen MR) is 479 cm³/mol. The Hall–Kier alpha value is -5.26. The van der Waals surface area contributed by atoms with Gasteiger partial charge in [-0.1, -0.05) is 272 Å². The number of unbranched alkanes of at least 4 members (excludes halogenated alkanes) is 16. The molecule has 5 rings (SSSR count). The number of allylic oxidation sites excluding steroid dienone is 10. The summed E-state index contributed by atoms with van der Waals surface area (Å²) >= 11 is 0. The van der Waals surface area contributed by atoms with Gasteiger partial charge in [0.1, 0.15) is 30.5 Å². The topological polar surface area (TPSA) is 258 Å². The molecular weight excluding hydrogens is 1460 g/mol. The van der Waals surface area contributed by atoms with Crippen molar-refractivity contribution in [3.63, 3.8) is 0 Å². The molecule has 5 saturated carbocycles. The molecule has 0 bridgehead atoms. The van der Waals surface area contributed by atoms with Crippen LogP contribution in [0.2, 0.25) is 0 Å². The predicted octanol–water partition coefficient (Wildman–Crippen LogP) is 20.7. The first-order valence-corrected chi connectivity index (χ1v) is 46.7. The average Bonchev–Trinajstić information content (AvgIpc) is 1.73. The van der Waals surface area contributed by atoms with Gasteiger partial charge in [0.15, 0.2) is 0 Å². The summed E-state index contributed by atoms with van der Waals surface area (Å²) in [4.78, 5) is 42.9. The molecule has 0 aromatic heterocycles. The average molecular weight is 1620 g/mol. The van der Waals surface area contributed by atoms with Gasteiger partial charge in [-0.05, 0) is 276 Å². The van der Waals surface area contributed by atoms with Crippen molar-refractivity contribution in [1.29, 1.82) is 0 Å². The zero-order valence-electron chi connectivity index (χ0n) is 75.4. The first-order chi connectivity index (χ1) is 55.9. The molecule has 5 aliphatic rings. The fourth-order valence-corrected chi connectivity index (χ4v) is 14.9. The van der Waals surface area contributed by atoms with Crippen LogP contribution < -0.4 is 18.9 Å². The van der Waals surface area contributed by atoms with Crippen molar-refractivity contribution < 1.29 is 88.7 Å². The van der Waals surface area contributed by atoms with Crippen LogP contribution in [0.5, 0.6) is 0 Å². The third-order valence-corrected chi connectivity index (χ3v) is 23.0. The SMILES string of the molecule is CCCCCC(O)C#C/C=C\CC[C@@H]1C[C@H]1CCCCC.CCCCC[C@@H](O)C#C/C=C\CC[C@@H]1C[C@H]1CCCCC(=O)O.CCCCC[C@@H](O)C#C/C=C\CC[C@@H]1C[C@H]1CCCCC(=O)OC.CCCCC[C@H](O)C#C/C=C\CC[C@@H]1C[C@H]1CCCCC(=O)O.CCCCC[C@H](O)C#C/C=C\CC[C@@H]1C[C@H]1CCCCC(=O)OC.[Li+].[OH-]. The molecule has 0 spiro atoms. The van der Waals surface area contributed by atoms with Gasteiger partial charge in [0.2, 0.25) is 0 Å². The maximum atomic E-state index is 11.0. The number of carbonyl (C=O) groups is 4. The van der Waals surface area contributed by atoms with E-state index in [0.29, 0.717) is 25.7 Å². The largest absolute Gasteiger partial charge is 1.00 e. The Labute approximate surface area is 726 Å². The Balaban J connectivity index is 0. The molecule has 660 valence electrons. The first-order valence-electron chi connectivity index (χ1n) is 46.7. The van der Waals surface area contributed by atoms with E-state index in [0.717, 1.165) is 220 Å². The minimum Gasteiger partial charge on any atom is -0.870 e. The summed E-state index contributed by atoms with van der Waals surface area (Å²) in [7, 11) is 2.90. The van der Waals surface area contributed by atoms with Crippen LogP contribution in [0.4, 0.5) is 0 Å². The fraction of sp³-hybridized carbons (Fsp3) is 0.765. The molecule has 15 heteroatoms. The zero-order chi connectivity index (χ0) is 84.4. The number of ether oxygens (including phenoxy) is 2. The second-order valence-corrected chi connectivity index (χ2v) is 33.6. The Morgan fingerprint density at radius 3 is 0.658 bits per heavy atom. The Morgan fingerprint density at radius 2 is 0.470 bits per heavy atom. The van der Waals surface area contributed by atoms with Crippen LogP contribution in [0.3, 0.4) is 0 Å². The van der Waals surface area contributed by atoms with Crippen molar-refractivity contribution in [2.45, 2.75) is 425 Å². The maximum Gasteiger partial charge on any atom is 1.00 e. The minimum atomic E-state index is -0.681.